The fourth-order valence-corrected chi connectivity index (χ4v) is 3.68. The van der Waals surface area contributed by atoms with Crippen LogP contribution in [0.5, 0.6) is 0 Å². The van der Waals surface area contributed by atoms with Gasteiger partial charge in [0.15, 0.2) is 0 Å². The standard InChI is InChI=1S/C21H34FN3O/c1-5-23(6-2)16-21(26)25-13-7-12-24(20(15-25)17(3)4)14-18-8-10-19(22)11-9-18/h8-11,17,20H,5-7,12-16H2,1-4H3/t20-/m0/s1. The Hall–Kier alpha value is -1.46. The highest BCUT2D eigenvalue weighted by Crippen LogP contribution is 2.20. The van der Waals surface area contributed by atoms with Crippen LogP contribution in [0, 0.1) is 11.7 Å². The number of amides is 1. The molecule has 0 aliphatic carbocycles. The molecule has 2 rings (SSSR count). The largest absolute Gasteiger partial charge is 0.340 e. The van der Waals surface area contributed by atoms with Gasteiger partial charge in [-0.1, -0.05) is 39.8 Å². The molecule has 1 aliphatic rings. The molecule has 1 atom stereocenters. The van der Waals surface area contributed by atoms with Crippen molar-refractivity contribution in [2.24, 2.45) is 5.92 Å². The second kappa shape index (κ2) is 10.0. The Labute approximate surface area is 158 Å². The lowest BCUT2D eigenvalue weighted by Crippen LogP contribution is -2.47. The number of likely N-dealkylation sites (N-methyl/N-ethyl adjacent to an activating group) is 1. The van der Waals surface area contributed by atoms with Crippen molar-refractivity contribution in [3.8, 4) is 0 Å². The SMILES string of the molecule is CCN(CC)CC(=O)N1CCCN(Cc2ccc(F)cc2)[C@H](C(C)C)C1. The molecule has 1 aromatic rings. The van der Waals surface area contributed by atoms with E-state index in [9.17, 15) is 9.18 Å². The maximum atomic E-state index is 13.2. The van der Waals surface area contributed by atoms with Gasteiger partial charge in [-0.25, -0.2) is 4.39 Å². The van der Waals surface area contributed by atoms with Gasteiger partial charge in [-0.05, 0) is 43.1 Å². The summed E-state index contributed by atoms with van der Waals surface area (Å²) in [5.74, 6) is 0.499. The summed E-state index contributed by atoms with van der Waals surface area (Å²) in [7, 11) is 0. The quantitative estimate of drug-likeness (QED) is 0.744. The molecule has 26 heavy (non-hydrogen) atoms. The number of nitrogens with zero attached hydrogens (tertiary/aromatic N) is 3. The average Bonchev–Trinajstić information content (AvgIpc) is 2.84. The highest BCUT2D eigenvalue weighted by atomic mass is 19.1. The Balaban J connectivity index is 2.06. The van der Waals surface area contributed by atoms with Crippen molar-refractivity contribution in [1.29, 1.82) is 0 Å². The zero-order valence-electron chi connectivity index (χ0n) is 16.7. The molecule has 1 amide bonds. The smallest absolute Gasteiger partial charge is 0.236 e. The highest BCUT2D eigenvalue weighted by Gasteiger charge is 2.29. The van der Waals surface area contributed by atoms with Gasteiger partial charge in [0.05, 0.1) is 6.54 Å². The molecule has 0 aromatic heterocycles. The van der Waals surface area contributed by atoms with Gasteiger partial charge in [-0.3, -0.25) is 14.6 Å². The van der Waals surface area contributed by atoms with Gasteiger partial charge in [-0.15, -0.1) is 0 Å². The Bertz CT molecular complexity index is 557. The maximum absolute atomic E-state index is 13.2. The van der Waals surface area contributed by atoms with Crippen LogP contribution in [0.4, 0.5) is 4.39 Å². The molecule has 1 aromatic carbocycles. The molecule has 0 bridgehead atoms. The molecule has 146 valence electrons. The molecular weight excluding hydrogens is 329 g/mol. The number of hydrogen-bond donors (Lipinski definition) is 0. The van der Waals surface area contributed by atoms with E-state index in [-0.39, 0.29) is 11.7 Å². The minimum absolute atomic E-state index is 0.196. The number of hydrogen-bond acceptors (Lipinski definition) is 3. The van der Waals surface area contributed by atoms with E-state index < -0.39 is 0 Å². The summed E-state index contributed by atoms with van der Waals surface area (Å²) in [6.07, 6.45) is 0.981. The number of halogens is 1. The third-order valence-corrected chi connectivity index (χ3v) is 5.42. The van der Waals surface area contributed by atoms with E-state index in [2.05, 4.69) is 37.5 Å². The third-order valence-electron chi connectivity index (χ3n) is 5.42. The fourth-order valence-electron chi connectivity index (χ4n) is 3.68. The highest BCUT2D eigenvalue weighted by molar-refractivity contribution is 5.78. The van der Waals surface area contributed by atoms with Gasteiger partial charge in [0, 0.05) is 32.2 Å². The van der Waals surface area contributed by atoms with Crippen LogP contribution >= 0.6 is 0 Å². The second-order valence-corrected chi connectivity index (χ2v) is 7.56. The van der Waals surface area contributed by atoms with Crippen LogP contribution in [-0.2, 0) is 11.3 Å². The van der Waals surface area contributed by atoms with Gasteiger partial charge in [0.1, 0.15) is 5.82 Å². The van der Waals surface area contributed by atoms with Gasteiger partial charge >= 0.3 is 0 Å². The van der Waals surface area contributed by atoms with E-state index in [1.807, 2.05) is 17.0 Å². The normalized spacial score (nSPS) is 19.2. The van der Waals surface area contributed by atoms with Gasteiger partial charge in [0.25, 0.3) is 0 Å². The van der Waals surface area contributed by atoms with Crippen LogP contribution < -0.4 is 0 Å². The molecular formula is C21H34FN3O. The predicted molar refractivity (Wildman–Crippen MR) is 104 cm³/mol. The topological polar surface area (TPSA) is 26.8 Å². The predicted octanol–water partition coefficient (Wildman–Crippen LogP) is 3.23. The molecule has 0 unspecified atom stereocenters. The number of carbonyl (C=O) groups excluding carboxylic acids is 1. The van der Waals surface area contributed by atoms with Crippen molar-refractivity contribution in [3.05, 3.63) is 35.6 Å². The maximum Gasteiger partial charge on any atom is 0.236 e. The van der Waals surface area contributed by atoms with Crippen molar-refractivity contribution in [3.63, 3.8) is 0 Å². The summed E-state index contributed by atoms with van der Waals surface area (Å²) in [6.45, 7) is 14.3. The molecule has 1 aliphatic heterocycles. The monoisotopic (exact) mass is 363 g/mol. The summed E-state index contributed by atoms with van der Waals surface area (Å²) < 4.78 is 13.2. The molecule has 4 nitrogen and oxygen atoms in total. The van der Waals surface area contributed by atoms with Crippen molar-refractivity contribution in [2.75, 3.05) is 39.3 Å². The van der Waals surface area contributed by atoms with E-state index >= 15 is 0 Å². The summed E-state index contributed by atoms with van der Waals surface area (Å²) in [4.78, 5) is 19.5. The molecule has 5 heteroatoms. The molecule has 0 radical (unpaired) electrons. The van der Waals surface area contributed by atoms with Crippen LogP contribution in [0.3, 0.4) is 0 Å². The minimum atomic E-state index is -0.196. The van der Waals surface area contributed by atoms with Gasteiger partial charge in [0.2, 0.25) is 5.91 Å². The van der Waals surface area contributed by atoms with E-state index in [1.165, 1.54) is 12.1 Å². The van der Waals surface area contributed by atoms with E-state index in [4.69, 9.17) is 0 Å². The molecule has 1 fully saturated rings. The van der Waals surface area contributed by atoms with E-state index in [0.29, 0.717) is 18.5 Å². The summed E-state index contributed by atoms with van der Waals surface area (Å²) in [5.41, 5.74) is 1.12. The van der Waals surface area contributed by atoms with Crippen LogP contribution in [0.1, 0.15) is 39.7 Å². The van der Waals surface area contributed by atoms with Gasteiger partial charge in [-0.2, -0.15) is 0 Å². The first-order valence-electron chi connectivity index (χ1n) is 9.93. The van der Waals surface area contributed by atoms with Crippen LogP contribution in [-0.4, -0.2) is 65.9 Å². The van der Waals surface area contributed by atoms with E-state index in [1.54, 1.807) is 0 Å². The molecule has 0 saturated carbocycles. The van der Waals surface area contributed by atoms with Gasteiger partial charge < -0.3 is 4.90 Å². The Kier molecular flexibility index (Phi) is 8.04. The molecule has 0 spiro atoms. The molecule has 0 N–H and O–H groups in total. The van der Waals surface area contributed by atoms with Crippen molar-refractivity contribution in [2.45, 2.75) is 46.7 Å². The van der Waals surface area contributed by atoms with Crippen molar-refractivity contribution >= 4 is 5.91 Å². The summed E-state index contributed by atoms with van der Waals surface area (Å²) >= 11 is 0. The lowest BCUT2D eigenvalue weighted by atomic mass is 10.0. The Morgan fingerprint density at radius 2 is 1.85 bits per heavy atom. The summed E-state index contributed by atoms with van der Waals surface area (Å²) in [6, 6.07) is 7.10. The lowest BCUT2D eigenvalue weighted by Gasteiger charge is -2.35. The first-order chi connectivity index (χ1) is 12.4. The van der Waals surface area contributed by atoms with Crippen molar-refractivity contribution in [1.82, 2.24) is 14.7 Å². The fraction of sp³-hybridized carbons (Fsp3) is 0.667. The van der Waals surface area contributed by atoms with Crippen LogP contribution in [0.2, 0.25) is 0 Å². The number of rotatable bonds is 7. The van der Waals surface area contributed by atoms with Crippen LogP contribution in [0.25, 0.3) is 0 Å². The Morgan fingerprint density at radius 1 is 1.19 bits per heavy atom. The first kappa shape index (κ1) is 20.8. The van der Waals surface area contributed by atoms with E-state index in [0.717, 1.165) is 51.3 Å². The van der Waals surface area contributed by atoms with Crippen LogP contribution in [0.15, 0.2) is 24.3 Å². The van der Waals surface area contributed by atoms with Crippen molar-refractivity contribution < 1.29 is 9.18 Å². The second-order valence-electron chi connectivity index (χ2n) is 7.56. The first-order valence-corrected chi connectivity index (χ1v) is 9.93. The third kappa shape index (κ3) is 5.78. The zero-order valence-corrected chi connectivity index (χ0v) is 16.7. The lowest BCUT2D eigenvalue weighted by molar-refractivity contribution is -0.132. The molecule has 1 saturated heterocycles. The summed E-state index contributed by atoms with van der Waals surface area (Å²) in [5, 5.41) is 0. The zero-order chi connectivity index (χ0) is 19.1. The molecule has 1 heterocycles. The average molecular weight is 364 g/mol. The minimum Gasteiger partial charge on any atom is -0.340 e. The number of carbonyl (C=O) groups is 1. The Morgan fingerprint density at radius 3 is 2.42 bits per heavy atom. The number of benzene rings is 1.